The summed E-state index contributed by atoms with van der Waals surface area (Å²) in [5.74, 6) is 0. The van der Waals surface area contributed by atoms with Crippen molar-refractivity contribution in [1.82, 2.24) is 4.90 Å². The predicted octanol–water partition coefficient (Wildman–Crippen LogP) is 3.11. The van der Waals surface area contributed by atoms with Gasteiger partial charge in [-0.05, 0) is 44.0 Å². The van der Waals surface area contributed by atoms with Crippen LogP contribution in [0.3, 0.4) is 0 Å². The Morgan fingerprint density at radius 2 is 1.90 bits per heavy atom. The molecule has 0 spiro atoms. The first-order chi connectivity index (χ1) is 9.58. The largest absolute Gasteiger partial charge is 0.391 e. The van der Waals surface area contributed by atoms with Gasteiger partial charge < -0.3 is 15.1 Å². The van der Waals surface area contributed by atoms with Gasteiger partial charge in [0.1, 0.15) is 0 Å². The topological polar surface area (TPSA) is 43.7 Å². The van der Waals surface area contributed by atoms with Crippen LogP contribution in [0.15, 0.2) is 28.7 Å². The molecule has 20 heavy (non-hydrogen) atoms. The van der Waals surface area contributed by atoms with Gasteiger partial charge in [-0.2, -0.15) is 0 Å². The van der Waals surface area contributed by atoms with E-state index in [2.05, 4.69) is 20.8 Å². The van der Waals surface area contributed by atoms with E-state index in [0.29, 0.717) is 6.42 Å². The summed E-state index contributed by atoms with van der Waals surface area (Å²) in [4.78, 5) is 2.20. The number of benzene rings is 1. The Kier molecular flexibility index (Phi) is 6.02. The van der Waals surface area contributed by atoms with E-state index in [1.54, 1.807) is 0 Å². The molecule has 1 aliphatic carbocycles. The summed E-state index contributed by atoms with van der Waals surface area (Å²) in [6, 6.07) is 8.05. The maximum atomic E-state index is 10.2. The minimum atomic E-state index is -0.439. The summed E-state index contributed by atoms with van der Waals surface area (Å²) in [7, 11) is 2.05. The molecule has 0 radical (unpaired) electrons. The number of likely N-dealkylation sites (N-methyl/N-ethyl adjacent to an activating group) is 1. The molecule has 0 amide bonds. The zero-order valence-electron chi connectivity index (χ0n) is 12.0. The Bertz CT molecular complexity index is 409. The molecule has 2 N–H and O–H groups in total. The monoisotopic (exact) mass is 341 g/mol. The summed E-state index contributed by atoms with van der Waals surface area (Å²) in [6.45, 7) is 0.805. The van der Waals surface area contributed by atoms with Gasteiger partial charge in [-0.25, -0.2) is 0 Å². The molecule has 1 saturated carbocycles. The molecule has 3 unspecified atom stereocenters. The molecular formula is C16H24BrNO2. The molecule has 1 aromatic rings. The molecule has 1 aromatic carbocycles. The van der Waals surface area contributed by atoms with E-state index in [4.69, 9.17) is 0 Å². The minimum Gasteiger partial charge on any atom is -0.391 e. The standard InChI is InChI=1S/C16H24BrNO2/c1-18(14-4-2-3-5-16(14)20)11-10-15(19)12-6-8-13(17)9-7-12/h6-9,14-16,19-20H,2-5,10-11H2,1H3. The summed E-state index contributed by atoms with van der Waals surface area (Å²) in [5, 5.41) is 20.3. The molecule has 0 aromatic heterocycles. The van der Waals surface area contributed by atoms with Crippen molar-refractivity contribution < 1.29 is 10.2 Å². The molecule has 3 nitrogen and oxygen atoms in total. The van der Waals surface area contributed by atoms with Crippen molar-refractivity contribution in [2.45, 2.75) is 50.4 Å². The molecule has 2 rings (SSSR count). The van der Waals surface area contributed by atoms with Gasteiger partial charge in [0.25, 0.3) is 0 Å². The van der Waals surface area contributed by atoms with E-state index in [0.717, 1.165) is 35.8 Å². The second-order valence-corrected chi connectivity index (χ2v) is 6.67. The van der Waals surface area contributed by atoms with Gasteiger partial charge >= 0.3 is 0 Å². The van der Waals surface area contributed by atoms with Crippen molar-refractivity contribution in [2.24, 2.45) is 0 Å². The lowest BCUT2D eigenvalue weighted by atomic mass is 9.91. The Hall–Kier alpha value is -0.420. The van der Waals surface area contributed by atoms with Gasteiger partial charge in [-0.1, -0.05) is 40.9 Å². The van der Waals surface area contributed by atoms with Gasteiger partial charge in [0.15, 0.2) is 0 Å². The summed E-state index contributed by atoms with van der Waals surface area (Å²) >= 11 is 3.40. The molecule has 1 aliphatic rings. The van der Waals surface area contributed by atoms with E-state index >= 15 is 0 Å². The first-order valence-corrected chi connectivity index (χ1v) is 8.19. The third-order valence-corrected chi connectivity index (χ3v) is 4.80. The van der Waals surface area contributed by atoms with Crippen molar-refractivity contribution in [1.29, 1.82) is 0 Å². The molecule has 3 atom stereocenters. The average molecular weight is 342 g/mol. The number of rotatable bonds is 5. The third kappa shape index (κ3) is 4.29. The van der Waals surface area contributed by atoms with E-state index < -0.39 is 6.10 Å². The van der Waals surface area contributed by atoms with Crippen LogP contribution in [0.1, 0.15) is 43.8 Å². The average Bonchev–Trinajstić information content (AvgIpc) is 2.45. The number of hydrogen-bond acceptors (Lipinski definition) is 3. The highest BCUT2D eigenvalue weighted by Crippen LogP contribution is 2.24. The quantitative estimate of drug-likeness (QED) is 0.864. The number of aliphatic hydroxyl groups excluding tert-OH is 2. The highest BCUT2D eigenvalue weighted by molar-refractivity contribution is 9.10. The molecule has 0 aliphatic heterocycles. The van der Waals surface area contributed by atoms with Crippen LogP contribution in [0, 0.1) is 0 Å². The maximum absolute atomic E-state index is 10.2. The number of halogens is 1. The summed E-state index contributed by atoms with van der Waals surface area (Å²) < 4.78 is 1.02. The molecule has 112 valence electrons. The SMILES string of the molecule is CN(CCC(O)c1ccc(Br)cc1)C1CCCCC1O. The van der Waals surface area contributed by atoms with Gasteiger partial charge in [-0.15, -0.1) is 0 Å². The van der Waals surface area contributed by atoms with Crippen LogP contribution in [0.25, 0.3) is 0 Å². The molecule has 0 saturated heterocycles. The summed E-state index contributed by atoms with van der Waals surface area (Å²) in [6.07, 6.45) is 4.34. The van der Waals surface area contributed by atoms with E-state index in [9.17, 15) is 10.2 Å². The molecule has 0 bridgehead atoms. The van der Waals surface area contributed by atoms with Crippen LogP contribution >= 0.6 is 15.9 Å². The Morgan fingerprint density at radius 1 is 1.25 bits per heavy atom. The van der Waals surface area contributed by atoms with Crippen LogP contribution in [-0.2, 0) is 0 Å². The van der Waals surface area contributed by atoms with Crippen LogP contribution < -0.4 is 0 Å². The molecular weight excluding hydrogens is 318 g/mol. The van der Waals surface area contributed by atoms with Crippen molar-refractivity contribution in [2.75, 3.05) is 13.6 Å². The minimum absolute atomic E-state index is 0.210. The van der Waals surface area contributed by atoms with Gasteiger partial charge in [0, 0.05) is 17.1 Å². The van der Waals surface area contributed by atoms with Crippen LogP contribution in [-0.4, -0.2) is 40.9 Å². The number of hydrogen-bond donors (Lipinski definition) is 2. The normalized spacial score (nSPS) is 24.9. The third-order valence-electron chi connectivity index (χ3n) is 4.27. The van der Waals surface area contributed by atoms with Crippen LogP contribution in [0.5, 0.6) is 0 Å². The van der Waals surface area contributed by atoms with E-state index in [1.807, 2.05) is 31.3 Å². The lowest BCUT2D eigenvalue weighted by molar-refractivity contribution is 0.0253. The lowest BCUT2D eigenvalue weighted by Gasteiger charge is -2.35. The maximum Gasteiger partial charge on any atom is 0.0802 e. The first-order valence-electron chi connectivity index (χ1n) is 7.40. The van der Waals surface area contributed by atoms with Crippen LogP contribution in [0.2, 0.25) is 0 Å². The zero-order valence-corrected chi connectivity index (χ0v) is 13.6. The number of nitrogens with zero attached hydrogens (tertiary/aromatic N) is 1. The van der Waals surface area contributed by atoms with Crippen molar-refractivity contribution in [3.05, 3.63) is 34.3 Å². The van der Waals surface area contributed by atoms with Crippen molar-refractivity contribution >= 4 is 15.9 Å². The Balaban J connectivity index is 1.83. The molecule has 4 heteroatoms. The molecule has 1 fully saturated rings. The van der Waals surface area contributed by atoms with E-state index in [1.165, 1.54) is 6.42 Å². The first kappa shape index (κ1) is 16.0. The van der Waals surface area contributed by atoms with Gasteiger partial charge in [0.05, 0.1) is 12.2 Å². The predicted molar refractivity (Wildman–Crippen MR) is 84.6 cm³/mol. The fourth-order valence-electron chi connectivity index (χ4n) is 2.95. The second kappa shape index (κ2) is 7.55. The summed E-state index contributed by atoms with van der Waals surface area (Å²) in [5.41, 5.74) is 0.950. The fourth-order valence-corrected chi connectivity index (χ4v) is 3.21. The fraction of sp³-hybridized carbons (Fsp3) is 0.625. The number of aliphatic hydroxyl groups is 2. The van der Waals surface area contributed by atoms with E-state index in [-0.39, 0.29) is 12.1 Å². The zero-order chi connectivity index (χ0) is 14.5. The van der Waals surface area contributed by atoms with Gasteiger partial charge in [-0.3, -0.25) is 0 Å². The smallest absolute Gasteiger partial charge is 0.0802 e. The van der Waals surface area contributed by atoms with Crippen LogP contribution in [0.4, 0.5) is 0 Å². The van der Waals surface area contributed by atoms with Crippen molar-refractivity contribution in [3.8, 4) is 0 Å². The second-order valence-electron chi connectivity index (χ2n) is 5.76. The lowest BCUT2D eigenvalue weighted by Crippen LogP contribution is -2.43. The van der Waals surface area contributed by atoms with Gasteiger partial charge in [0.2, 0.25) is 0 Å². The van der Waals surface area contributed by atoms with Crippen molar-refractivity contribution in [3.63, 3.8) is 0 Å². The Labute approximate surface area is 129 Å². The Morgan fingerprint density at radius 3 is 2.55 bits per heavy atom. The highest BCUT2D eigenvalue weighted by Gasteiger charge is 2.26. The molecule has 0 heterocycles. The highest BCUT2D eigenvalue weighted by atomic mass is 79.9.